The second-order valence-electron chi connectivity index (χ2n) is 5.03. The average Bonchev–Trinajstić information content (AvgIpc) is 2.60. The minimum atomic E-state index is -0.549. The van der Waals surface area contributed by atoms with Crippen LogP contribution < -0.4 is 0 Å². The van der Waals surface area contributed by atoms with Crippen molar-refractivity contribution in [3.63, 3.8) is 0 Å². The highest BCUT2D eigenvalue weighted by Gasteiger charge is 2.12. The SMILES string of the molecule is CC(C)(O)CCCc1c[nH]c2ccccc12. The second-order valence-corrected chi connectivity index (χ2v) is 5.03. The van der Waals surface area contributed by atoms with Crippen LogP contribution in [0.2, 0.25) is 0 Å². The number of hydrogen-bond donors (Lipinski definition) is 2. The second kappa shape index (κ2) is 4.30. The number of nitrogens with one attached hydrogen (secondary N) is 1. The van der Waals surface area contributed by atoms with Gasteiger partial charge in [0.1, 0.15) is 0 Å². The summed E-state index contributed by atoms with van der Waals surface area (Å²) in [5.41, 5.74) is 1.99. The molecule has 0 aliphatic rings. The third-order valence-corrected chi connectivity index (χ3v) is 2.91. The molecule has 2 heteroatoms. The smallest absolute Gasteiger partial charge is 0.0591 e. The number of H-pyrrole nitrogens is 1. The van der Waals surface area contributed by atoms with Crippen LogP contribution in [0, 0.1) is 0 Å². The zero-order valence-corrected chi connectivity index (χ0v) is 9.96. The summed E-state index contributed by atoms with van der Waals surface area (Å²) in [6.07, 6.45) is 4.96. The molecule has 0 aliphatic carbocycles. The fourth-order valence-corrected chi connectivity index (χ4v) is 2.05. The van der Waals surface area contributed by atoms with Crippen molar-refractivity contribution < 1.29 is 5.11 Å². The topological polar surface area (TPSA) is 36.0 Å². The lowest BCUT2D eigenvalue weighted by molar-refractivity contribution is 0.0689. The lowest BCUT2D eigenvalue weighted by Gasteiger charge is -2.16. The third-order valence-electron chi connectivity index (χ3n) is 2.91. The van der Waals surface area contributed by atoms with E-state index >= 15 is 0 Å². The number of aromatic amines is 1. The maximum absolute atomic E-state index is 9.65. The molecule has 0 saturated heterocycles. The van der Waals surface area contributed by atoms with E-state index in [1.54, 1.807) is 0 Å². The van der Waals surface area contributed by atoms with Gasteiger partial charge in [-0.1, -0.05) is 18.2 Å². The predicted octanol–water partition coefficient (Wildman–Crippen LogP) is 3.26. The Kier molecular flexibility index (Phi) is 3.01. The largest absolute Gasteiger partial charge is 0.390 e. The molecule has 0 saturated carbocycles. The van der Waals surface area contributed by atoms with Crippen LogP contribution in [0.15, 0.2) is 30.5 Å². The van der Waals surface area contributed by atoms with E-state index in [1.165, 1.54) is 16.5 Å². The Morgan fingerprint density at radius 1 is 1.25 bits per heavy atom. The minimum Gasteiger partial charge on any atom is -0.390 e. The summed E-state index contributed by atoms with van der Waals surface area (Å²) in [7, 11) is 0. The monoisotopic (exact) mass is 217 g/mol. The molecular weight excluding hydrogens is 198 g/mol. The van der Waals surface area contributed by atoms with E-state index in [4.69, 9.17) is 0 Å². The van der Waals surface area contributed by atoms with E-state index in [2.05, 4.69) is 29.4 Å². The van der Waals surface area contributed by atoms with Gasteiger partial charge in [0.15, 0.2) is 0 Å². The number of aliphatic hydroxyl groups is 1. The van der Waals surface area contributed by atoms with Gasteiger partial charge in [-0.15, -0.1) is 0 Å². The molecule has 0 fully saturated rings. The molecule has 1 aromatic heterocycles. The van der Waals surface area contributed by atoms with Crippen molar-refractivity contribution in [2.24, 2.45) is 0 Å². The molecule has 0 amide bonds. The van der Waals surface area contributed by atoms with Crippen LogP contribution >= 0.6 is 0 Å². The summed E-state index contributed by atoms with van der Waals surface area (Å²) in [5.74, 6) is 0. The highest BCUT2D eigenvalue weighted by molar-refractivity contribution is 5.82. The van der Waals surface area contributed by atoms with Crippen LogP contribution in [-0.2, 0) is 6.42 Å². The molecule has 2 rings (SSSR count). The van der Waals surface area contributed by atoms with Crippen LogP contribution in [0.1, 0.15) is 32.3 Å². The van der Waals surface area contributed by atoms with Crippen LogP contribution in [0.3, 0.4) is 0 Å². The van der Waals surface area contributed by atoms with Crippen molar-refractivity contribution in [3.05, 3.63) is 36.0 Å². The number of hydrogen-bond acceptors (Lipinski definition) is 1. The van der Waals surface area contributed by atoms with Crippen molar-refractivity contribution in [1.29, 1.82) is 0 Å². The molecular formula is C14H19NO. The molecule has 2 N–H and O–H groups in total. The highest BCUT2D eigenvalue weighted by atomic mass is 16.3. The summed E-state index contributed by atoms with van der Waals surface area (Å²) < 4.78 is 0. The zero-order chi connectivity index (χ0) is 11.6. The Bertz CT molecular complexity index is 465. The van der Waals surface area contributed by atoms with Crippen LogP contribution in [0.25, 0.3) is 10.9 Å². The molecule has 0 bridgehead atoms. The van der Waals surface area contributed by atoms with E-state index < -0.39 is 5.60 Å². The van der Waals surface area contributed by atoms with E-state index in [1.807, 2.05) is 19.9 Å². The Morgan fingerprint density at radius 2 is 2.00 bits per heavy atom. The molecule has 86 valence electrons. The summed E-state index contributed by atoms with van der Waals surface area (Å²) in [6, 6.07) is 8.34. The first-order valence-electron chi connectivity index (χ1n) is 5.84. The van der Waals surface area contributed by atoms with Gasteiger partial charge < -0.3 is 10.1 Å². The van der Waals surface area contributed by atoms with Crippen LogP contribution in [-0.4, -0.2) is 15.7 Å². The molecule has 2 aromatic rings. The van der Waals surface area contributed by atoms with Gasteiger partial charge in [-0.3, -0.25) is 0 Å². The Morgan fingerprint density at radius 3 is 2.75 bits per heavy atom. The quantitative estimate of drug-likeness (QED) is 0.810. The first-order valence-corrected chi connectivity index (χ1v) is 5.84. The lowest BCUT2D eigenvalue weighted by atomic mass is 9.99. The van der Waals surface area contributed by atoms with Gasteiger partial charge in [0, 0.05) is 17.1 Å². The summed E-state index contributed by atoms with van der Waals surface area (Å²) in [4.78, 5) is 3.27. The minimum absolute atomic E-state index is 0.549. The molecule has 16 heavy (non-hydrogen) atoms. The number of fused-ring (bicyclic) bond motifs is 1. The van der Waals surface area contributed by atoms with E-state index in [-0.39, 0.29) is 0 Å². The molecule has 0 atom stereocenters. The van der Waals surface area contributed by atoms with Crippen molar-refractivity contribution >= 4 is 10.9 Å². The van der Waals surface area contributed by atoms with Crippen molar-refractivity contribution in [2.45, 2.75) is 38.7 Å². The Balaban J connectivity index is 2.05. The standard InChI is InChI=1S/C14H19NO/c1-14(2,16)9-5-6-11-10-15-13-8-4-3-7-12(11)13/h3-4,7-8,10,15-16H,5-6,9H2,1-2H3. The number of aryl methyl sites for hydroxylation is 1. The number of aromatic nitrogens is 1. The molecule has 1 heterocycles. The van der Waals surface area contributed by atoms with Gasteiger partial charge in [-0.25, -0.2) is 0 Å². The van der Waals surface area contributed by atoms with Gasteiger partial charge in [-0.05, 0) is 44.7 Å². The van der Waals surface area contributed by atoms with Crippen molar-refractivity contribution in [1.82, 2.24) is 4.98 Å². The molecule has 0 radical (unpaired) electrons. The van der Waals surface area contributed by atoms with Gasteiger partial charge in [0.05, 0.1) is 5.60 Å². The number of para-hydroxylation sites is 1. The van der Waals surface area contributed by atoms with Gasteiger partial charge in [-0.2, -0.15) is 0 Å². The average molecular weight is 217 g/mol. The van der Waals surface area contributed by atoms with E-state index in [9.17, 15) is 5.11 Å². The van der Waals surface area contributed by atoms with Crippen molar-refractivity contribution in [2.75, 3.05) is 0 Å². The van der Waals surface area contributed by atoms with Gasteiger partial charge in [0.25, 0.3) is 0 Å². The zero-order valence-electron chi connectivity index (χ0n) is 9.96. The van der Waals surface area contributed by atoms with Crippen LogP contribution in [0.5, 0.6) is 0 Å². The van der Waals surface area contributed by atoms with Crippen LogP contribution in [0.4, 0.5) is 0 Å². The maximum atomic E-state index is 9.65. The molecule has 2 nitrogen and oxygen atoms in total. The first kappa shape index (κ1) is 11.2. The normalized spacial score (nSPS) is 12.2. The molecule has 0 spiro atoms. The maximum Gasteiger partial charge on any atom is 0.0591 e. The summed E-state index contributed by atoms with van der Waals surface area (Å²) in [5, 5.41) is 11.0. The lowest BCUT2D eigenvalue weighted by Crippen LogP contribution is -2.18. The summed E-state index contributed by atoms with van der Waals surface area (Å²) in [6.45, 7) is 3.73. The van der Waals surface area contributed by atoms with Gasteiger partial charge in [0.2, 0.25) is 0 Å². The predicted molar refractivity (Wildman–Crippen MR) is 67.5 cm³/mol. The van der Waals surface area contributed by atoms with Gasteiger partial charge >= 0.3 is 0 Å². The third kappa shape index (κ3) is 2.64. The Hall–Kier alpha value is -1.28. The van der Waals surface area contributed by atoms with Crippen molar-refractivity contribution in [3.8, 4) is 0 Å². The molecule has 0 aliphatic heterocycles. The summed E-state index contributed by atoms with van der Waals surface area (Å²) >= 11 is 0. The Labute approximate surface area is 96.3 Å². The first-order chi connectivity index (χ1) is 7.56. The fourth-order valence-electron chi connectivity index (χ4n) is 2.05. The number of benzene rings is 1. The molecule has 0 unspecified atom stereocenters. The molecule has 1 aromatic carbocycles. The number of rotatable bonds is 4. The van der Waals surface area contributed by atoms with E-state index in [0.29, 0.717) is 0 Å². The fraction of sp³-hybridized carbons (Fsp3) is 0.429. The highest BCUT2D eigenvalue weighted by Crippen LogP contribution is 2.21. The van der Waals surface area contributed by atoms with E-state index in [0.717, 1.165) is 19.3 Å².